The third kappa shape index (κ3) is 45.8. The molecule has 1 fully saturated rings. The first-order valence-electron chi connectivity index (χ1n) is 31.2. The summed E-state index contributed by atoms with van der Waals surface area (Å²) in [6.45, 7) is 4.04. The molecule has 0 bridgehead atoms. The van der Waals surface area contributed by atoms with Gasteiger partial charge < -0.3 is 34.3 Å². The van der Waals surface area contributed by atoms with Crippen LogP contribution in [0.15, 0.2) is 36.5 Å². The molecule has 1 saturated heterocycles. The van der Waals surface area contributed by atoms with Crippen molar-refractivity contribution in [3.63, 3.8) is 0 Å². The van der Waals surface area contributed by atoms with Gasteiger partial charge in [0.2, 0.25) is 0 Å². The number of hydrogen-bond acceptors (Lipinski definition) is 11. The zero-order valence-corrected chi connectivity index (χ0v) is 48.9. The van der Waals surface area contributed by atoms with Crippen molar-refractivity contribution in [1.82, 2.24) is 0 Å². The maximum absolute atomic E-state index is 13.0. The van der Waals surface area contributed by atoms with Gasteiger partial charge in [-0.25, -0.2) is 4.18 Å². The van der Waals surface area contributed by atoms with Crippen LogP contribution >= 0.6 is 0 Å². The first-order valence-corrected chi connectivity index (χ1v) is 32.6. The molecule has 0 saturated carbocycles. The molecule has 0 aromatic heterocycles. The lowest BCUT2D eigenvalue weighted by Crippen LogP contribution is -2.60. The summed E-state index contributed by atoms with van der Waals surface area (Å²) in [5.74, 6) is -0.401. The minimum Gasteiger partial charge on any atom is -0.457 e. The molecular weight excluding hydrogens is 969 g/mol. The third-order valence-corrected chi connectivity index (χ3v) is 15.0. The smallest absolute Gasteiger partial charge is 0.397 e. The Bertz CT molecular complexity index is 1440. The Balaban J connectivity index is 2.26. The predicted octanol–water partition coefficient (Wildman–Crippen LogP) is 16.0. The van der Waals surface area contributed by atoms with Crippen molar-refractivity contribution < 1.29 is 56.2 Å². The van der Waals surface area contributed by atoms with E-state index in [2.05, 4.69) is 54.5 Å². The third-order valence-electron chi connectivity index (χ3n) is 14.5. The molecule has 4 N–H and O–H groups in total. The number of rotatable bonds is 56. The summed E-state index contributed by atoms with van der Waals surface area (Å²) in [6.07, 6.45) is 57.6. The average Bonchev–Trinajstić information content (AvgIpc) is 3.39. The molecule has 1 rings (SSSR count). The summed E-state index contributed by atoms with van der Waals surface area (Å²) in [5.41, 5.74) is 0. The Morgan fingerprint density at radius 3 is 1.28 bits per heavy atom. The topological polar surface area (TPSA) is 178 Å². The van der Waals surface area contributed by atoms with E-state index >= 15 is 0 Å². The molecule has 13 heteroatoms. The van der Waals surface area contributed by atoms with Crippen LogP contribution < -0.4 is 0 Å². The van der Waals surface area contributed by atoms with E-state index in [0.29, 0.717) is 13.0 Å². The van der Waals surface area contributed by atoms with Gasteiger partial charge in [-0.05, 0) is 51.4 Å². The van der Waals surface area contributed by atoms with Crippen molar-refractivity contribution in [2.45, 2.75) is 327 Å². The summed E-state index contributed by atoms with van der Waals surface area (Å²) >= 11 is 0. The minimum absolute atomic E-state index is 0.0367. The van der Waals surface area contributed by atoms with Gasteiger partial charge in [-0.2, -0.15) is 8.42 Å². The molecule has 0 amide bonds. The molecule has 0 spiro atoms. The van der Waals surface area contributed by atoms with E-state index in [1.54, 1.807) is 0 Å². The van der Waals surface area contributed by atoms with E-state index < -0.39 is 59.8 Å². The van der Waals surface area contributed by atoms with E-state index in [9.17, 15) is 33.1 Å². The molecule has 12 nitrogen and oxygen atoms in total. The van der Waals surface area contributed by atoms with Crippen LogP contribution in [-0.4, -0.2) is 97.5 Å². The van der Waals surface area contributed by atoms with Gasteiger partial charge in [0, 0.05) is 13.0 Å². The Hall–Kier alpha value is -1.68. The highest BCUT2D eigenvalue weighted by Crippen LogP contribution is 2.26. The first kappa shape index (κ1) is 71.3. The fraction of sp³-hybridized carbons (Fsp3) is 0.887. The molecule has 75 heavy (non-hydrogen) atoms. The van der Waals surface area contributed by atoms with Gasteiger partial charge in [0.05, 0.1) is 19.8 Å². The highest BCUT2D eigenvalue weighted by atomic mass is 32.3. The SMILES string of the molecule is CCCCCCC/C=C\C/C=C\C/C=C\CCCCCCCCCCC(=O)OC(COCCCCCCCCCCCCCCCCCCCCCCCCCCC)COC1OC(CO)C(O)C(OS(=O)(=O)O)C1O. The van der Waals surface area contributed by atoms with E-state index in [1.807, 2.05) is 0 Å². The Morgan fingerprint density at radius 1 is 0.507 bits per heavy atom. The summed E-state index contributed by atoms with van der Waals surface area (Å²) in [7, 11) is -5.07. The van der Waals surface area contributed by atoms with Gasteiger partial charge >= 0.3 is 16.4 Å². The van der Waals surface area contributed by atoms with Gasteiger partial charge in [0.1, 0.15) is 30.5 Å². The Morgan fingerprint density at radius 2 is 0.880 bits per heavy atom. The highest BCUT2D eigenvalue weighted by molar-refractivity contribution is 7.80. The van der Waals surface area contributed by atoms with Gasteiger partial charge in [0.15, 0.2) is 6.29 Å². The number of aliphatic hydroxyl groups is 3. The van der Waals surface area contributed by atoms with E-state index in [-0.39, 0.29) is 19.6 Å². The second kappa shape index (κ2) is 53.0. The van der Waals surface area contributed by atoms with Crippen LogP contribution in [0.25, 0.3) is 0 Å². The van der Waals surface area contributed by atoms with Crippen LogP contribution in [0.2, 0.25) is 0 Å². The Kier molecular flexibility index (Phi) is 50.4. The number of esters is 1. The van der Waals surface area contributed by atoms with Gasteiger partial charge in [-0.1, -0.05) is 269 Å². The van der Waals surface area contributed by atoms with Crippen molar-refractivity contribution >= 4 is 16.4 Å². The van der Waals surface area contributed by atoms with Crippen LogP contribution in [0.5, 0.6) is 0 Å². The second-order valence-corrected chi connectivity index (χ2v) is 22.7. The van der Waals surface area contributed by atoms with E-state index in [0.717, 1.165) is 57.8 Å². The number of aliphatic hydroxyl groups excluding tert-OH is 3. The number of allylic oxidation sites excluding steroid dienone is 6. The van der Waals surface area contributed by atoms with Crippen LogP contribution in [0.3, 0.4) is 0 Å². The van der Waals surface area contributed by atoms with Crippen LogP contribution in [0, 0.1) is 0 Å². The van der Waals surface area contributed by atoms with E-state index in [1.165, 1.54) is 205 Å². The molecule has 0 radical (unpaired) electrons. The summed E-state index contributed by atoms with van der Waals surface area (Å²) in [5, 5.41) is 30.9. The molecule has 442 valence electrons. The molecule has 1 heterocycles. The van der Waals surface area contributed by atoms with Crippen molar-refractivity contribution in [3.05, 3.63) is 36.5 Å². The number of carbonyl (C=O) groups is 1. The number of unbranched alkanes of at least 4 members (excludes halogenated alkanes) is 37. The van der Waals surface area contributed by atoms with Crippen molar-refractivity contribution in [3.8, 4) is 0 Å². The number of ether oxygens (including phenoxy) is 4. The zero-order chi connectivity index (χ0) is 54.6. The lowest BCUT2D eigenvalue weighted by Gasteiger charge is -2.41. The largest absolute Gasteiger partial charge is 0.457 e. The van der Waals surface area contributed by atoms with Crippen LogP contribution in [0.4, 0.5) is 0 Å². The van der Waals surface area contributed by atoms with Crippen molar-refractivity contribution in [1.29, 1.82) is 0 Å². The highest BCUT2D eigenvalue weighted by Gasteiger charge is 2.48. The monoisotopic (exact) mass is 1080 g/mol. The van der Waals surface area contributed by atoms with Crippen molar-refractivity contribution in [2.24, 2.45) is 0 Å². The van der Waals surface area contributed by atoms with Crippen molar-refractivity contribution in [2.75, 3.05) is 26.4 Å². The molecule has 6 atom stereocenters. The normalized spacial score (nSPS) is 18.8. The molecule has 1 aliphatic heterocycles. The van der Waals surface area contributed by atoms with Gasteiger partial charge in [-0.3, -0.25) is 9.35 Å². The minimum atomic E-state index is -5.07. The van der Waals surface area contributed by atoms with Crippen LogP contribution in [-0.2, 0) is 38.3 Å². The molecule has 6 unspecified atom stereocenters. The summed E-state index contributed by atoms with van der Waals surface area (Å²) < 4.78 is 59.5. The molecule has 0 aromatic carbocycles. The first-order chi connectivity index (χ1) is 36.6. The Labute approximate surface area is 460 Å². The number of hydrogen-bond donors (Lipinski definition) is 4. The fourth-order valence-electron chi connectivity index (χ4n) is 9.80. The lowest BCUT2D eigenvalue weighted by atomic mass is 9.99. The zero-order valence-electron chi connectivity index (χ0n) is 48.1. The molecule has 1 aliphatic rings. The fourth-order valence-corrected chi connectivity index (χ4v) is 10.3. The van der Waals surface area contributed by atoms with E-state index in [4.69, 9.17) is 18.9 Å². The average molecular weight is 1090 g/mol. The quantitative estimate of drug-likeness (QED) is 0.0196. The molecule has 0 aliphatic carbocycles. The van der Waals surface area contributed by atoms with Gasteiger partial charge in [0.25, 0.3) is 0 Å². The predicted molar refractivity (Wildman–Crippen MR) is 308 cm³/mol. The lowest BCUT2D eigenvalue weighted by molar-refractivity contribution is -0.301. The summed E-state index contributed by atoms with van der Waals surface area (Å²) in [4.78, 5) is 13.0. The van der Waals surface area contributed by atoms with Crippen LogP contribution in [0.1, 0.15) is 290 Å². The van der Waals surface area contributed by atoms with Gasteiger partial charge in [-0.15, -0.1) is 0 Å². The summed E-state index contributed by atoms with van der Waals surface area (Å²) in [6, 6.07) is 0. The molecule has 0 aromatic rings. The second-order valence-electron chi connectivity index (χ2n) is 21.7. The maximum atomic E-state index is 13.0. The maximum Gasteiger partial charge on any atom is 0.397 e. The molecular formula is C62H116O12S. The number of carbonyl (C=O) groups excluding carboxylic acids is 1. The standard InChI is InChI=1S/C62H116O12S/c1-3-5-7-9-11-13-15-17-19-21-23-25-27-28-30-32-34-36-38-40-42-44-46-48-50-52-70-54-56(55-71-62-60(66)61(74-75(67,68)69)59(65)57(53-63)73-62)72-58(64)51-49-47-45-43-41-39-37-35-33-31-29-26-24-22-20-18-16-14-12-10-8-6-4-2/h16,18,22,24,29,31,56-57,59-63,65-66H,3-15,17,19-21,23,25-28,30,32-55H2,1-2H3,(H,67,68,69)/b18-16-,24-22-,31-29-.